The molecule has 0 amide bonds. The van der Waals surface area contributed by atoms with Gasteiger partial charge >= 0.3 is 0 Å². The van der Waals surface area contributed by atoms with Crippen molar-refractivity contribution in [1.82, 2.24) is 5.32 Å². The van der Waals surface area contributed by atoms with E-state index >= 15 is 0 Å². The molecule has 0 aliphatic carbocycles. The van der Waals surface area contributed by atoms with E-state index in [2.05, 4.69) is 16.8 Å². The largest absolute Gasteiger partial charge is 0.387 e. The molecule has 2 unspecified atom stereocenters. The van der Waals surface area contributed by atoms with E-state index in [-0.39, 0.29) is 6.04 Å². The fourth-order valence-electron chi connectivity index (χ4n) is 2.17. The zero-order valence-electron chi connectivity index (χ0n) is 10.6. The number of aliphatic hydroxyl groups excluding tert-OH is 1. The molecule has 0 saturated heterocycles. The van der Waals surface area contributed by atoms with Crippen molar-refractivity contribution in [3.8, 4) is 0 Å². The van der Waals surface area contributed by atoms with Crippen molar-refractivity contribution >= 4 is 44.6 Å². The number of likely N-dealkylation sites (N-methyl/N-ethyl adjacent to an activating group) is 1. The maximum atomic E-state index is 10.5. The lowest BCUT2D eigenvalue weighted by molar-refractivity contribution is 0.126. The van der Waals surface area contributed by atoms with Gasteiger partial charge in [0.25, 0.3) is 0 Å². The predicted octanol–water partition coefficient (Wildman–Crippen LogP) is 4.11. The van der Waals surface area contributed by atoms with Crippen molar-refractivity contribution in [2.75, 3.05) is 6.54 Å². The average Bonchev–Trinajstić information content (AvgIpc) is 2.84. The van der Waals surface area contributed by atoms with Gasteiger partial charge in [-0.1, -0.05) is 19.1 Å². The number of thiophene rings is 1. The van der Waals surface area contributed by atoms with Gasteiger partial charge in [0.05, 0.1) is 6.10 Å². The Morgan fingerprint density at radius 2 is 2.11 bits per heavy atom. The first-order valence-electron chi connectivity index (χ1n) is 6.28. The zero-order chi connectivity index (χ0) is 13.8. The maximum absolute atomic E-state index is 10.5. The topological polar surface area (TPSA) is 32.3 Å². The fraction of sp³-hybridized carbons (Fsp3) is 0.429. The quantitative estimate of drug-likeness (QED) is 0.786. The number of hydrogen-bond donors (Lipinski definition) is 2. The summed E-state index contributed by atoms with van der Waals surface area (Å²) < 4.78 is 1.18. The lowest BCUT2D eigenvalue weighted by atomic mass is 9.99. The number of fused-ring (bicyclic) bond motifs is 1. The summed E-state index contributed by atoms with van der Waals surface area (Å²) in [5.41, 5.74) is 0.898. The molecule has 0 saturated carbocycles. The number of rotatable bonds is 6. The van der Waals surface area contributed by atoms with Crippen molar-refractivity contribution in [3.05, 3.63) is 35.2 Å². The number of benzene rings is 1. The number of halogens is 2. The summed E-state index contributed by atoms with van der Waals surface area (Å²) in [6.07, 6.45) is -0.0907. The number of alkyl halides is 2. The minimum atomic E-state index is -0.605. The molecular formula is C14H17Cl2NOS. The van der Waals surface area contributed by atoms with E-state index in [1.807, 2.05) is 25.1 Å². The molecule has 0 spiro atoms. The first-order chi connectivity index (χ1) is 9.11. The smallest absolute Gasteiger partial charge is 0.109 e. The molecule has 0 aliphatic rings. The van der Waals surface area contributed by atoms with Crippen LogP contribution >= 0.6 is 34.5 Å². The molecule has 1 aromatic carbocycles. The molecule has 19 heavy (non-hydrogen) atoms. The molecule has 2 nitrogen and oxygen atoms in total. The van der Waals surface area contributed by atoms with Crippen LogP contribution in [0.25, 0.3) is 10.1 Å². The molecule has 0 bridgehead atoms. The number of hydrogen-bond acceptors (Lipinski definition) is 3. The van der Waals surface area contributed by atoms with Crippen molar-refractivity contribution in [2.24, 2.45) is 0 Å². The Hall–Kier alpha value is -0.320. The molecule has 2 aromatic rings. The molecule has 0 radical (unpaired) electrons. The molecule has 2 atom stereocenters. The Labute approximate surface area is 127 Å². The molecule has 0 fully saturated rings. The van der Waals surface area contributed by atoms with Crippen molar-refractivity contribution < 1.29 is 5.11 Å². The van der Waals surface area contributed by atoms with Gasteiger partial charge < -0.3 is 10.4 Å². The molecule has 5 heteroatoms. The summed E-state index contributed by atoms with van der Waals surface area (Å²) in [5, 5.41) is 17.0. The fourth-order valence-corrected chi connectivity index (χ4v) is 3.39. The van der Waals surface area contributed by atoms with Gasteiger partial charge in [0.2, 0.25) is 0 Å². The standard InChI is InChI=1S/C14H17Cl2NOS/c1-2-17-11(8-13(15)16)14(18)10-4-3-9-5-6-19-12(9)7-10/h3-7,11,13-14,17-18H,2,8H2,1H3. The summed E-state index contributed by atoms with van der Waals surface area (Å²) in [6, 6.07) is 7.97. The van der Waals surface area contributed by atoms with Gasteiger partial charge in [-0.05, 0) is 41.4 Å². The molecule has 2 rings (SSSR count). The van der Waals surface area contributed by atoms with Crippen LogP contribution in [0.15, 0.2) is 29.6 Å². The maximum Gasteiger partial charge on any atom is 0.109 e. The van der Waals surface area contributed by atoms with Gasteiger partial charge in [-0.25, -0.2) is 0 Å². The third-order valence-corrected chi connectivity index (χ3v) is 4.34. The van der Waals surface area contributed by atoms with E-state index in [0.29, 0.717) is 6.42 Å². The van der Waals surface area contributed by atoms with Crippen molar-refractivity contribution in [1.29, 1.82) is 0 Å². The van der Waals surface area contributed by atoms with Crippen LogP contribution in [0.1, 0.15) is 25.0 Å². The first kappa shape index (κ1) is 15.1. The molecule has 0 aliphatic heterocycles. The van der Waals surface area contributed by atoms with Gasteiger partial charge in [-0.3, -0.25) is 0 Å². The summed E-state index contributed by atoms with van der Waals surface area (Å²) in [7, 11) is 0. The summed E-state index contributed by atoms with van der Waals surface area (Å²) in [6.45, 7) is 2.77. The van der Waals surface area contributed by atoms with E-state index in [1.54, 1.807) is 11.3 Å². The second kappa shape index (κ2) is 6.91. The molecule has 104 valence electrons. The number of nitrogens with one attached hydrogen (secondary N) is 1. The lowest BCUT2D eigenvalue weighted by Crippen LogP contribution is -2.36. The van der Waals surface area contributed by atoms with Crippen LogP contribution in [0.2, 0.25) is 0 Å². The third kappa shape index (κ3) is 3.83. The zero-order valence-corrected chi connectivity index (χ0v) is 13.0. The van der Waals surface area contributed by atoms with E-state index < -0.39 is 10.9 Å². The van der Waals surface area contributed by atoms with Crippen LogP contribution in [0.5, 0.6) is 0 Å². The van der Waals surface area contributed by atoms with Crippen LogP contribution in [0, 0.1) is 0 Å². The predicted molar refractivity (Wildman–Crippen MR) is 84.4 cm³/mol. The second-order valence-corrected chi connectivity index (χ2v) is 6.68. The third-order valence-electron chi connectivity index (χ3n) is 3.10. The Bertz CT molecular complexity index is 529. The highest BCUT2D eigenvalue weighted by Gasteiger charge is 2.22. The molecule has 1 aromatic heterocycles. The van der Waals surface area contributed by atoms with Crippen molar-refractivity contribution in [3.63, 3.8) is 0 Å². The SMILES string of the molecule is CCNC(CC(Cl)Cl)C(O)c1ccc2ccsc2c1. The van der Waals surface area contributed by atoms with Crippen LogP contribution in [-0.4, -0.2) is 22.5 Å². The van der Waals surface area contributed by atoms with Gasteiger partial charge in [-0.15, -0.1) is 34.5 Å². The summed E-state index contributed by atoms with van der Waals surface area (Å²) >= 11 is 13.3. The molecular weight excluding hydrogens is 301 g/mol. The van der Waals surface area contributed by atoms with Crippen molar-refractivity contribution in [2.45, 2.75) is 30.3 Å². The highest BCUT2D eigenvalue weighted by molar-refractivity contribution is 7.17. The first-order valence-corrected chi connectivity index (χ1v) is 8.03. The minimum Gasteiger partial charge on any atom is -0.387 e. The Morgan fingerprint density at radius 3 is 2.79 bits per heavy atom. The summed E-state index contributed by atoms with van der Waals surface area (Å²) in [5.74, 6) is 0. The second-order valence-electron chi connectivity index (χ2n) is 4.45. The normalized spacial score (nSPS) is 15.0. The van der Waals surface area contributed by atoms with Gasteiger partial charge in [0.1, 0.15) is 4.84 Å². The minimum absolute atomic E-state index is 0.137. The lowest BCUT2D eigenvalue weighted by Gasteiger charge is -2.24. The van der Waals surface area contributed by atoms with E-state index in [0.717, 1.165) is 12.1 Å². The van der Waals surface area contributed by atoms with E-state index in [4.69, 9.17) is 23.2 Å². The Balaban J connectivity index is 2.21. The van der Waals surface area contributed by atoms with Gasteiger partial charge in [0.15, 0.2) is 0 Å². The van der Waals surface area contributed by atoms with E-state index in [1.165, 1.54) is 10.1 Å². The number of aliphatic hydroxyl groups is 1. The van der Waals surface area contributed by atoms with Crippen LogP contribution in [-0.2, 0) is 0 Å². The Morgan fingerprint density at radius 1 is 1.32 bits per heavy atom. The monoisotopic (exact) mass is 317 g/mol. The summed E-state index contributed by atoms with van der Waals surface area (Å²) in [4.78, 5) is -0.482. The van der Waals surface area contributed by atoms with Gasteiger partial charge in [-0.2, -0.15) is 0 Å². The van der Waals surface area contributed by atoms with Gasteiger partial charge in [0, 0.05) is 10.7 Å². The van der Waals surface area contributed by atoms with E-state index in [9.17, 15) is 5.11 Å². The van der Waals surface area contributed by atoms with Crippen LogP contribution in [0.3, 0.4) is 0 Å². The highest BCUT2D eigenvalue weighted by Crippen LogP contribution is 2.28. The Kier molecular flexibility index (Phi) is 5.48. The average molecular weight is 318 g/mol. The van der Waals surface area contributed by atoms with Crippen LogP contribution < -0.4 is 5.32 Å². The molecule has 1 heterocycles. The van der Waals surface area contributed by atoms with Crippen LogP contribution in [0.4, 0.5) is 0 Å². The highest BCUT2D eigenvalue weighted by atomic mass is 35.5. The molecule has 2 N–H and O–H groups in total.